The molecule has 0 unspecified atom stereocenters. The molecule has 0 radical (unpaired) electrons. The van der Waals surface area contributed by atoms with E-state index in [9.17, 15) is 4.79 Å². The molecule has 0 aromatic carbocycles. The Hall–Kier alpha value is -1.07. The molecular formula is C15H26N2O3. The second kappa shape index (κ2) is 6.59. The molecule has 0 aromatic rings. The zero-order chi connectivity index (χ0) is 14.6. The quantitative estimate of drug-likeness (QED) is 0.582. The summed E-state index contributed by atoms with van der Waals surface area (Å²) < 4.78 is 11.7. The van der Waals surface area contributed by atoms with E-state index in [-0.39, 0.29) is 11.6 Å². The first kappa shape index (κ1) is 15.3. The molecule has 5 nitrogen and oxygen atoms in total. The molecule has 1 heterocycles. The predicted molar refractivity (Wildman–Crippen MR) is 77.7 cm³/mol. The Balaban J connectivity index is 2.00. The van der Waals surface area contributed by atoms with Crippen molar-refractivity contribution < 1.29 is 14.3 Å². The lowest BCUT2D eigenvalue weighted by atomic mass is 9.89. The largest absolute Gasteiger partial charge is 0.377 e. The summed E-state index contributed by atoms with van der Waals surface area (Å²) in [4.78, 5) is 15.7. The Morgan fingerprint density at radius 1 is 1.60 bits per heavy atom. The van der Waals surface area contributed by atoms with Gasteiger partial charge >= 0.3 is 6.03 Å². The molecular weight excluding hydrogens is 256 g/mol. The molecule has 5 heteroatoms. The third kappa shape index (κ3) is 3.15. The van der Waals surface area contributed by atoms with Gasteiger partial charge in [0.05, 0.1) is 32.0 Å². The third-order valence-electron chi connectivity index (χ3n) is 4.31. The van der Waals surface area contributed by atoms with Crippen molar-refractivity contribution in [2.45, 2.75) is 24.9 Å². The highest BCUT2D eigenvalue weighted by molar-refractivity contribution is 5.74. The van der Waals surface area contributed by atoms with Crippen LogP contribution in [-0.4, -0.2) is 68.4 Å². The lowest BCUT2D eigenvalue weighted by Crippen LogP contribution is -2.57. The highest BCUT2D eigenvalue weighted by Gasteiger charge is 2.48. The Morgan fingerprint density at radius 3 is 3.10 bits per heavy atom. The number of hydrogen-bond donors (Lipinski definition) is 0. The van der Waals surface area contributed by atoms with Gasteiger partial charge in [0.15, 0.2) is 0 Å². The van der Waals surface area contributed by atoms with Gasteiger partial charge in [0, 0.05) is 26.6 Å². The number of hydrogen-bond acceptors (Lipinski definition) is 3. The van der Waals surface area contributed by atoms with E-state index >= 15 is 0 Å². The number of urea groups is 1. The number of carbonyl (C=O) groups excluding carboxylic acids is 1. The van der Waals surface area contributed by atoms with Gasteiger partial charge in [-0.25, -0.2) is 4.79 Å². The second-order valence-electron chi connectivity index (χ2n) is 5.93. The summed E-state index contributed by atoms with van der Waals surface area (Å²) in [5.41, 5.74) is -0.203. The monoisotopic (exact) mass is 282 g/mol. The van der Waals surface area contributed by atoms with Crippen LogP contribution in [-0.2, 0) is 9.47 Å². The summed E-state index contributed by atoms with van der Waals surface area (Å²) in [7, 11) is 3.59. The van der Waals surface area contributed by atoms with E-state index in [1.54, 1.807) is 25.1 Å². The molecule has 1 saturated heterocycles. The first-order chi connectivity index (χ1) is 9.59. The van der Waals surface area contributed by atoms with Crippen molar-refractivity contribution in [3.8, 4) is 0 Å². The van der Waals surface area contributed by atoms with Crippen LogP contribution >= 0.6 is 0 Å². The molecule has 2 fully saturated rings. The first-order valence-electron chi connectivity index (χ1n) is 7.38. The summed E-state index contributed by atoms with van der Waals surface area (Å²) in [6.45, 7) is 6.92. The minimum Gasteiger partial charge on any atom is -0.377 e. The SMILES string of the molecule is C=CCOC[C@@H]1CCC[C@@]12CN(C(=O)N(C)C)CCO2. The summed E-state index contributed by atoms with van der Waals surface area (Å²) >= 11 is 0. The van der Waals surface area contributed by atoms with Crippen molar-refractivity contribution in [3.63, 3.8) is 0 Å². The molecule has 0 bridgehead atoms. The number of morpholine rings is 1. The molecule has 1 aliphatic carbocycles. The number of amides is 2. The van der Waals surface area contributed by atoms with E-state index in [0.29, 0.717) is 38.8 Å². The fourth-order valence-electron chi connectivity index (χ4n) is 3.29. The number of nitrogens with zero attached hydrogens (tertiary/aromatic N) is 2. The van der Waals surface area contributed by atoms with Gasteiger partial charge in [0.1, 0.15) is 0 Å². The average molecular weight is 282 g/mol. The molecule has 2 atom stereocenters. The van der Waals surface area contributed by atoms with Crippen LogP contribution in [0.25, 0.3) is 0 Å². The van der Waals surface area contributed by atoms with Gasteiger partial charge < -0.3 is 19.3 Å². The normalized spacial score (nSPS) is 29.7. The molecule has 1 saturated carbocycles. The lowest BCUT2D eigenvalue weighted by molar-refractivity contribution is -0.132. The zero-order valence-corrected chi connectivity index (χ0v) is 12.6. The number of ether oxygens (including phenoxy) is 2. The van der Waals surface area contributed by atoms with Gasteiger partial charge in [-0.2, -0.15) is 0 Å². The van der Waals surface area contributed by atoms with E-state index in [4.69, 9.17) is 9.47 Å². The van der Waals surface area contributed by atoms with E-state index in [2.05, 4.69) is 6.58 Å². The summed E-state index contributed by atoms with van der Waals surface area (Å²) in [6.07, 6.45) is 5.05. The van der Waals surface area contributed by atoms with E-state index in [1.165, 1.54) is 0 Å². The highest BCUT2D eigenvalue weighted by Crippen LogP contribution is 2.41. The van der Waals surface area contributed by atoms with Gasteiger partial charge in [-0.1, -0.05) is 12.5 Å². The van der Waals surface area contributed by atoms with Crippen LogP contribution in [0, 0.1) is 5.92 Å². The van der Waals surface area contributed by atoms with E-state index in [1.807, 2.05) is 4.90 Å². The first-order valence-corrected chi connectivity index (χ1v) is 7.38. The molecule has 2 rings (SSSR count). The van der Waals surface area contributed by atoms with Gasteiger partial charge in [-0.05, 0) is 12.8 Å². The Kier molecular flexibility index (Phi) is 5.05. The van der Waals surface area contributed by atoms with Crippen LogP contribution in [0.4, 0.5) is 4.79 Å². The third-order valence-corrected chi connectivity index (χ3v) is 4.31. The van der Waals surface area contributed by atoms with Crippen LogP contribution in [0.5, 0.6) is 0 Å². The fraction of sp³-hybridized carbons (Fsp3) is 0.800. The minimum atomic E-state index is -0.203. The van der Waals surface area contributed by atoms with E-state index in [0.717, 1.165) is 19.3 Å². The van der Waals surface area contributed by atoms with Gasteiger partial charge in [-0.3, -0.25) is 0 Å². The van der Waals surface area contributed by atoms with Crippen molar-refractivity contribution in [1.29, 1.82) is 0 Å². The Bertz CT molecular complexity index is 359. The van der Waals surface area contributed by atoms with Crippen LogP contribution in [0.3, 0.4) is 0 Å². The maximum absolute atomic E-state index is 12.2. The molecule has 1 aliphatic heterocycles. The van der Waals surface area contributed by atoms with Crippen LogP contribution in [0.1, 0.15) is 19.3 Å². The van der Waals surface area contributed by atoms with Gasteiger partial charge in [0.2, 0.25) is 0 Å². The smallest absolute Gasteiger partial charge is 0.319 e. The van der Waals surface area contributed by atoms with Crippen molar-refractivity contribution >= 4 is 6.03 Å². The Morgan fingerprint density at radius 2 is 2.40 bits per heavy atom. The zero-order valence-electron chi connectivity index (χ0n) is 12.6. The summed E-state index contributed by atoms with van der Waals surface area (Å²) in [5, 5.41) is 0. The maximum atomic E-state index is 12.2. The van der Waals surface area contributed by atoms with Crippen molar-refractivity contribution in [2.24, 2.45) is 5.92 Å². The standard InChI is InChI=1S/C15H26N2O3/c1-4-9-19-11-13-6-5-7-15(13)12-17(8-10-20-15)14(18)16(2)3/h4,13H,1,5-12H2,2-3H3/t13-,15+/m0/s1. The number of rotatable bonds is 4. The number of carbonyl (C=O) groups is 1. The topological polar surface area (TPSA) is 42.0 Å². The van der Waals surface area contributed by atoms with Crippen molar-refractivity contribution in [2.75, 3.05) is 47.0 Å². The summed E-state index contributed by atoms with van der Waals surface area (Å²) in [6, 6.07) is 0.0744. The van der Waals surface area contributed by atoms with Crippen molar-refractivity contribution in [3.05, 3.63) is 12.7 Å². The molecule has 2 aliphatic rings. The lowest BCUT2D eigenvalue weighted by Gasteiger charge is -2.44. The minimum absolute atomic E-state index is 0.0744. The maximum Gasteiger partial charge on any atom is 0.319 e. The van der Waals surface area contributed by atoms with E-state index < -0.39 is 0 Å². The molecule has 114 valence electrons. The van der Waals surface area contributed by atoms with Crippen molar-refractivity contribution in [1.82, 2.24) is 9.80 Å². The molecule has 0 N–H and O–H groups in total. The molecule has 2 amide bonds. The highest BCUT2D eigenvalue weighted by atomic mass is 16.5. The predicted octanol–water partition coefficient (Wildman–Crippen LogP) is 1.74. The van der Waals surface area contributed by atoms with Gasteiger partial charge in [-0.15, -0.1) is 6.58 Å². The van der Waals surface area contributed by atoms with Crippen LogP contribution in [0.2, 0.25) is 0 Å². The molecule has 0 aromatic heterocycles. The Labute approximate surface area is 121 Å². The molecule has 1 spiro atoms. The van der Waals surface area contributed by atoms with Crippen LogP contribution < -0.4 is 0 Å². The second-order valence-corrected chi connectivity index (χ2v) is 5.93. The van der Waals surface area contributed by atoms with Gasteiger partial charge in [0.25, 0.3) is 0 Å². The molecule has 20 heavy (non-hydrogen) atoms. The fourth-order valence-corrected chi connectivity index (χ4v) is 3.29. The summed E-state index contributed by atoms with van der Waals surface area (Å²) in [5.74, 6) is 0.375. The van der Waals surface area contributed by atoms with Crippen LogP contribution in [0.15, 0.2) is 12.7 Å². The average Bonchev–Trinajstić information content (AvgIpc) is 2.80.